The van der Waals surface area contributed by atoms with Gasteiger partial charge in [-0.2, -0.15) is 0 Å². The van der Waals surface area contributed by atoms with Crippen LogP contribution in [0.1, 0.15) is 5.56 Å². The van der Waals surface area contributed by atoms with E-state index in [-0.39, 0.29) is 0 Å². The summed E-state index contributed by atoms with van der Waals surface area (Å²) in [5.74, 6) is -0.456. The molecule has 0 unspecified atom stereocenters. The van der Waals surface area contributed by atoms with Crippen LogP contribution in [0.2, 0.25) is 0 Å². The van der Waals surface area contributed by atoms with Crippen molar-refractivity contribution in [1.29, 1.82) is 0 Å². The molecule has 1 aromatic heterocycles. The Morgan fingerprint density at radius 3 is 3.00 bits per heavy atom. The van der Waals surface area contributed by atoms with Gasteiger partial charge in [0.15, 0.2) is 0 Å². The van der Waals surface area contributed by atoms with Crippen molar-refractivity contribution in [2.75, 3.05) is 0 Å². The number of nitrogens with two attached hydrogens (primary N) is 1. The number of hydrogen-bond acceptors (Lipinski definition) is 2. The smallest absolute Gasteiger partial charge is 0.241 e. The Morgan fingerprint density at radius 2 is 2.42 bits per heavy atom. The van der Waals surface area contributed by atoms with Crippen LogP contribution in [0.15, 0.2) is 29.0 Å². The largest absolute Gasteiger partial charge is 0.366 e. The van der Waals surface area contributed by atoms with Crippen molar-refractivity contribution in [3.8, 4) is 0 Å². The Morgan fingerprint density at radius 1 is 1.67 bits per heavy atom. The standard InChI is InChI=1S/C8H7BrN2O/c9-7-5-6(3-4-11-7)1-2-8(10)12/h1-5H,(H2,10,12)/b2-1-. The molecule has 0 aliphatic heterocycles. The number of rotatable bonds is 2. The van der Waals surface area contributed by atoms with Crippen LogP contribution in [0.5, 0.6) is 0 Å². The summed E-state index contributed by atoms with van der Waals surface area (Å²) in [6.07, 6.45) is 4.58. The van der Waals surface area contributed by atoms with Crippen LogP contribution in [-0.4, -0.2) is 10.9 Å². The van der Waals surface area contributed by atoms with Gasteiger partial charge in [0.1, 0.15) is 4.60 Å². The summed E-state index contributed by atoms with van der Waals surface area (Å²) in [5, 5.41) is 0. The van der Waals surface area contributed by atoms with E-state index in [1.807, 2.05) is 0 Å². The van der Waals surface area contributed by atoms with Crippen LogP contribution in [0.4, 0.5) is 0 Å². The summed E-state index contributed by atoms with van der Waals surface area (Å²) < 4.78 is 0.731. The predicted molar refractivity (Wildman–Crippen MR) is 50.2 cm³/mol. The molecule has 1 aromatic rings. The second kappa shape index (κ2) is 4.01. The normalized spacial score (nSPS) is 10.4. The van der Waals surface area contributed by atoms with E-state index in [2.05, 4.69) is 20.9 Å². The van der Waals surface area contributed by atoms with Crippen LogP contribution in [0.3, 0.4) is 0 Å². The Kier molecular flexibility index (Phi) is 2.99. The first-order chi connectivity index (χ1) is 5.68. The van der Waals surface area contributed by atoms with Gasteiger partial charge in [0.25, 0.3) is 0 Å². The first-order valence-electron chi connectivity index (χ1n) is 3.27. The average molecular weight is 227 g/mol. The van der Waals surface area contributed by atoms with Gasteiger partial charge < -0.3 is 5.73 Å². The lowest BCUT2D eigenvalue weighted by atomic mass is 10.2. The van der Waals surface area contributed by atoms with Crippen molar-refractivity contribution in [3.63, 3.8) is 0 Å². The van der Waals surface area contributed by atoms with E-state index >= 15 is 0 Å². The Bertz CT molecular complexity index is 323. The summed E-state index contributed by atoms with van der Waals surface area (Å²) in [7, 11) is 0. The van der Waals surface area contributed by atoms with Gasteiger partial charge in [-0.1, -0.05) is 0 Å². The number of primary amides is 1. The molecule has 1 amide bonds. The average Bonchev–Trinajstić information content (AvgIpc) is 2.01. The molecule has 4 heteroatoms. The van der Waals surface area contributed by atoms with Gasteiger partial charge >= 0.3 is 0 Å². The van der Waals surface area contributed by atoms with Crippen LogP contribution < -0.4 is 5.73 Å². The fourth-order valence-corrected chi connectivity index (χ4v) is 1.08. The molecule has 0 spiro atoms. The molecule has 0 saturated carbocycles. The Labute approximate surface area is 78.4 Å². The molecule has 12 heavy (non-hydrogen) atoms. The number of halogens is 1. The van der Waals surface area contributed by atoms with E-state index in [1.54, 1.807) is 24.4 Å². The summed E-state index contributed by atoms with van der Waals surface area (Å²) in [6.45, 7) is 0. The van der Waals surface area contributed by atoms with E-state index in [9.17, 15) is 4.79 Å². The number of hydrogen-bond donors (Lipinski definition) is 1. The van der Waals surface area contributed by atoms with Gasteiger partial charge in [-0.3, -0.25) is 4.79 Å². The van der Waals surface area contributed by atoms with Crippen LogP contribution in [-0.2, 0) is 4.79 Å². The molecule has 62 valence electrons. The molecule has 0 radical (unpaired) electrons. The van der Waals surface area contributed by atoms with Crippen LogP contribution in [0.25, 0.3) is 6.08 Å². The maximum atomic E-state index is 10.4. The monoisotopic (exact) mass is 226 g/mol. The van der Waals surface area contributed by atoms with Crippen molar-refractivity contribution in [2.24, 2.45) is 5.73 Å². The lowest BCUT2D eigenvalue weighted by Crippen LogP contribution is -2.05. The molecule has 0 fully saturated rings. The molecule has 0 bridgehead atoms. The number of nitrogens with zero attached hydrogens (tertiary/aromatic N) is 1. The number of aromatic nitrogens is 1. The minimum atomic E-state index is -0.456. The molecule has 0 aliphatic rings. The summed E-state index contributed by atoms with van der Waals surface area (Å²) in [6, 6.07) is 3.57. The lowest BCUT2D eigenvalue weighted by Gasteiger charge is -1.91. The molecule has 3 nitrogen and oxygen atoms in total. The van der Waals surface area contributed by atoms with E-state index in [1.165, 1.54) is 6.08 Å². The summed E-state index contributed by atoms with van der Waals surface area (Å²) in [5.41, 5.74) is 5.81. The zero-order valence-corrected chi connectivity index (χ0v) is 7.78. The number of amides is 1. The second-order valence-electron chi connectivity index (χ2n) is 2.15. The predicted octanol–water partition coefficient (Wildman–Crippen LogP) is 1.34. The molecule has 0 atom stereocenters. The number of pyridine rings is 1. The van der Waals surface area contributed by atoms with Crippen molar-refractivity contribution < 1.29 is 4.79 Å². The molecular formula is C8H7BrN2O. The van der Waals surface area contributed by atoms with E-state index in [0.29, 0.717) is 0 Å². The molecular weight excluding hydrogens is 220 g/mol. The zero-order valence-electron chi connectivity index (χ0n) is 6.20. The minimum Gasteiger partial charge on any atom is -0.366 e. The third-order valence-electron chi connectivity index (χ3n) is 1.19. The van der Waals surface area contributed by atoms with Crippen molar-refractivity contribution in [2.45, 2.75) is 0 Å². The zero-order chi connectivity index (χ0) is 8.97. The van der Waals surface area contributed by atoms with Crippen LogP contribution in [0, 0.1) is 0 Å². The van der Waals surface area contributed by atoms with Gasteiger partial charge in [-0.25, -0.2) is 4.98 Å². The highest BCUT2D eigenvalue weighted by Crippen LogP contribution is 2.08. The molecule has 0 saturated heterocycles. The maximum absolute atomic E-state index is 10.4. The first kappa shape index (κ1) is 8.93. The van der Waals surface area contributed by atoms with Gasteiger partial charge in [-0.15, -0.1) is 0 Å². The third-order valence-corrected chi connectivity index (χ3v) is 1.62. The van der Waals surface area contributed by atoms with Crippen LogP contribution >= 0.6 is 15.9 Å². The number of carbonyl (C=O) groups is 1. The highest BCUT2D eigenvalue weighted by molar-refractivity contribution is 9.10. The number of carbonyl (C=O) groups excluding carboxylic acids is 1. The molecule has 1 heterocycles. The minimum absolute atomic E-state index is 0.456. The van der Waals surface area contributed by atoms with E-state index in [0.717, 1.165) is 10.2 Å². The molecule has 0 aromatic carbocycles. The van der Waals surface area contributed by atoms with E-state index < -0.39 is 5.91 Å². The van der Waals surface area contributed by atoms with Gasteiger partial charge in [0.2, 0.25) is 5.91 Å². The van der Waals surface area contributed by atoms with E-state index in [4.69, 9.17) is 5.73 Å². The highest BCUT2D eigenvalue weighted by atomic mass is 79.9. The Balaban J connectivity index is 2.83. The van der Waals surface area contributed by atoms with Crippen molar-refractivity contribution >= 4 is 27.9 Å². The fraction of sp³-hybridized carbons (Fsp3) is 0. The first-order valence-corrected chi connectivity index (χ1v) is 4.07. The SMILES string of the molecule is NC(=O)/C=C\c1ccnc(Br)c1. The molecule has 2 N–H and O–H groups in total. The van der Waals surface area contributed by atoms with Gasteiger partial charge in [0, 0.05) is 12.3 Å². The summed E-state index contributed by atoms with van der Waals surface area (Å²) >= 11 is 3.21. The quantitative estimate of drug-likeness (QED) is 0.612. The highest BCUT2D eigenvalue weighted by Gasteiger charge is 1.89. The fourth-order valence-electron chi connectivity index (χ4n) is 0.699. The summed E-state index contributed by atoms with van der Waals surface area (Å²) in [4.78, 5) is 14.3. The molecule has 1 rings (SSSR count). The van der Waals surface area contributed by atoms with Gasteiger partial charge in [0.05, 0.1) is 0 Å². The maximum Gasteiger partial charge on any atom is 0.241 e. The topological polar surface area (TPSA) is 56.0 Å². The van der Waals surface area contributed by atoms with Gasteiger partial charge in [-0.05, 0) is 39.7 Å². The Hall–Kier alpha value is -1.16. The van der Waals surface area contributed by atoms with Crippen molar-refractivity contribution in [3.05, 3.63) is 34.6 Å². The lowest BCUT2D eigenvalue weighted by molar-refractivity contribution is -0.113. The second-order valence-corrected chi connectivity index (χ2v) is 2.96. The van der Waals surface area contributed by atoms with Crippen molar-refractivity contribution in [1.82, 2.24) is 4.98 Å². The third kappa shape index (κ3) is 2.84. The molecule has 0 aliphatic carbocycles.